The van der Waals surface area contributed by atoms with E-state index >= 15 is 0 Å². The van der Waals surface area contributed by atoms with Gasteiger partial charge >= 0.3 is 5.97 Å². The van der Waals surface area contributed by atoms with Crippen LogP contribution < -0.4 is 4.74 Å². The van der Waals surface area contributed by atoms with Crippen LogP contribution in [0.5, 0.6) is 5.75 Å². The van der Waals surface area contributed by atoms with Gasteiger partial charge in [-0.25, -0.2) is 9.18 Å². The van der Waals surface area contributed by atoms with E-state index in [0.29, 0.717) is 29.9 Å². The van der Waals surface area contributed by atoms with Gasteiger partial charge in [-0.2, -0.15) is 0 Å². The molecular formula is C18H13FO4. The molecule has 116 valence electrons. The predicted molar refractivity (Wildman–Crippen MR) is 82.2 cm³/mol. The van der Waals surface area contributed by atoms with Crippen molar-refractivity contribution in [1.29, 1.82) is 0 Å². The number of carbonyl (C=O) groups is 2. The van der Waals surface area contributed by atoms with Gasteiger partial charge in [-0.05, 0) is 42.0 Å². The van der Waals surface area contributed by atoms with Crippen molar-refractivity contribution in [2.45, 2.75) is 6.42 Å². The van der Waals surface area contributed by atoms with Crippen molar-refractivity contribution in [1.82, 2.24) is 0 Å². The van der Waals surface area contributed by atoms with Gasteiger partial charge < -0.3 is 9.84 Å². The maximum absolute atomic E-state index is 13.4. The van der Waals surface area contributed by atoms with Gasteiger partial charge in [-0.3, -0.25) is 4.79 Å². The third kappa shape index (κ3) is 3.13. The standard InChI is InChI=1S/C18H13FO4/c19-14-5-6-16-15(10-14)17(20)13(7-8-23-16)9-11-1-3-12(4-2-11)18(21)22/h1-6,9-10H,7-8H2,(H,21,22). The topological polar surface area (TPSA) is 63.6 Å². The molecule has 4 nitrogen and oxygen atoms in total. The number of rotatable bonds is 2. The lowest BCUT2D eigenvalue weighted by Crippen LogP contribution is -2.02. The number of ketones is 1. The first kappa shape index (κ1) is 15.0. The summed E-state index contributed by atoms with van der Waals surface area (Å²) in [4.78, 5) is 23.4. The Morgan fingerprint density at radius 3 is 2.61 bits per heavy atom. The first-order valence-corrected chi connectivity index (χ1v) is 7.05. The molecule has 1 N–H and O–H groups in total. The highest BCUT2D eigenvalue weighted by atomic mass is 19.1. The molecule has 2 aromatic carbocycles. The van der Waals surface area contributed by atoms with Gasteiger partial charge in [0.05, 0.1) is 17.7 Å². The minimum atomic E-state index is -1.01. The van der Waals surface area contributed by atoms with E-state index in [1.54, 1.807) is 18.2 Å². The molecular weight excluding hydrogens is 299 g/mol. The van der Waals surface area contributed by atoms with E-state index in [9.17, 15) is 14.0 Å². The van der Waals surface area contributed by atoms with Gasteiger partial charge in [0.2, 0.25) is 0 Å². The number of benzene rings is 2. The van der Waals surface area contributed by atoms with Crippen molar-refractivity contribution in [2.24, 2.45) is 0 Å². The number of ether oxygens (including phenoxy) is 1. The Labute approximate surface area is 131 Å². The number of carbonyl (C=O) groups excluding carboxylic acids is 1. The molecule has 3 rings (SSSR count). The molecule has 0 saturated heterocycles. The molecule has 2 aromatic rings. The Bertz CT molecular complexity index is 806. The third-order valence-electron chi connectivity index (χ3n) is 3.61. The summed E-state index contributed by atoms with van der Waals surface area (Å²) in [6.45, 7) is 0.323. The van der Waals surface area contributed by atoms with Crippen LogP contribution in [0.25, 0.3) is 6.08 Å². The van der Waals surface area contributed by atoms with Crippen molar-refractivity contribution >= 4 is 17.8 Å². The molecule has 0 unspecified atom stereocenters. The molecule has 23 heavy (non-hydrogen) atoms. The first-order chi connectivity index (χ1) is 11.0. The van der Waals surface area contributed by atoms with Crippen molar-refractivity contribution < 1.29 is 23.8 Å². The molecule has 1 heterocycles. The van der Waals surface area contributed by atoms with Gasteiger partial charge in [-0.15, -0.1) is 0 Å². The van der Waals surface area contributed by atoms with Crippen molar-refractivity contribution in [2.75, 3.05) is 6.61 Å². The fourth-order valence-corrected chi connectivity index (χ4v) is 2.42. The summed E-state index contributed by atoms with van der Waals surface area (Å²) in [6, 6.07) is 10.1. The van der Waals surface area contributed by atoms with E-state index in [4.69, 9.17) is 9.84 Å². The summed E-state index contributed by atoms with van der Waals surface area (Å²) >= 11 is 0. The second-order valence-electron chi connectivity index (χ2n) is 5.16. The van der Waals surface area contributed by atoms with E-state index in [0.717, 1.165) is 0 Å². The highest BCUT2D eigenvalue weighted by molar-refractivity contribution is 6.13. The van der Waals surface area contributed by atoms with Gasteiger partial charge in [-0.1, -0.05) is 12.1 Å². The fraction of sp³-hybridized carbons (Fsp3) is 0.111. The minimum absolute atomic E-state index is 0.176. The number of halogens is 1. The van der Waals surface area contributed by atoms with Gasteiger partial charge in [0, 0.05) is 12.0 Å². The van der Waals surface area contributed by atoms with Gasteiger partial charge in [0.1, 0.15) is 11.6 Å². The maximum Gasteiger partial charge on any atom is 0.335 e. The molecule has 0 spiro atoms. The third-order valence-corrected chi connectivity index (χ3v) is 3.61. The van der Waals surface area contributed by atoms with Crippen LogP contribution in [0.3, 0.4) is 0 Å². The molecule has 0 amide bonds. The van der Waals surface area contributed by atoms with Gasteiger partial charge in [0.25, 0.3) is 0 Å². The van der Waals surface area contributed by atoms with Crippen LogP contribution in [0.2, 0.25) is 0 Å². The van der Waals surface area contributed by atoms with E-state index in [1.807, 2.05) is 0 Å². The Morgan fingerprint density at radius 2 is 1.91 bits per heavy atom. The summed E-state index contributed by atoms with van der Waals surface area (Å²) in [7, 11) is 0. The van der Waals surface area contributed by atoms with Crippen molar-refractivity contribution in [3.63, 3.8) is 0 Å². The highest BCUT2D eigenvalue weighted by Crippen LogP contribution is 2.28. The lowest BCUT2D eigenvalue weighted by Gasteiger charge is -2.05. The van der Waals surface area contributed by atoms with E-state index in [1.165, 1.54) is 30.3 Å². The molecule has 1 aliphatic rings. The van der Waals surface area contributed by atoms with Crippen LogP contribution >= 0.6 is 0 Å². The summed E-state index contributed by atoms with van der Waals surface area (Å²) in [5.74, 6) is -1.40. The number of hydrogen-bond acceptors (Lipinski definition) is 3. The van der Waals surface area contributed by atoms with E-state index in [2.05, 4.69) is 0 Å². The van der Waals surface area contributed by atoms with Crippen molar-refractivity contribution in [3.05, 3.63) is 70.5 Å². The van der Waals surface area contributed by atoms with Gasteiger partial charge in [0.15, 0.2) is 5.78 Å². The Hall–Kier alpha value is -2.95. The number of aromatic carboxylic acids is 1. The largest absolute Gasteiger partial charge is 0.492 e. The van der Waals surface area contributed by atoms with Crippen LogP contribution in [0.1, 0.15) is 32.7 Å². The summed E-state index contributed by atoms with van der Waals surface area (Å²) in [6.07, 6.45) is 2.08. The first-order valence-electron chi connectivity index (χ1n) is 7.05. The minimum Gasteiger partial charge on any atom is -0.492 e. The molecule has 0 saturated carbocycles. The van der Waals surface area contributed by atoms with Crippen LogP contribution in [-0.4, -0.2) is 23.5 Å². The monoisotopic (exact) mass is 312 g/mol. The second kappa shape index (κ2) is 6.04. The zero-order valence-corrected chi connectivity index (χ0v) is 12.1. The summed E-state index contributed by atoms with van der Waals surface area (Å²) < 4.78 is 18.9. The normalized spacial score (nSPS) is 15.7. The molecule has 0 fully saturated rings. The maximum atomic E-state index is 13.4. The van der Waals surface area contributed by atoms with E-state index < -0.39 is 11.8 Å². The number of carboxylic acids is 1. The zero-order chi connectivity index (χ0) is 16.4. The average molecular weight is 312 g/mol. The van der Waals surface area contributed by atoms with Crippen LogP contribution in [0, 0.1) is 5.82 Å². The van der Waals surface area contributed by atoms with Crippen molar-refractivity contribution in [3.8, 4) is 5.75 Å². The Balaban J connectivity index is 1.96. The lowest BCUT2D eigenvalue weighted by molar-refractivity contribution is 0.0696. The lowest BCUT2D eigenvalue weighted by atomic mass is 9.98. The number of carboxylic acid groups (broad SMARTS) is 1. The fourth-order valence-electron chi connectivity index (χ4n) is 2.42. The number of Topliss-reactive ketones (excluding diaryl/α,β-unsaturated/α-hetero) is 1. The quantitative estimate of drug-likeness (QED) is 0.861. The Morgan fingerprint density at radius 1 is 1.17 bits per heavy atom. The van der Waals surface area contributed by atoms with Crippen LogP contribution in [-0.2, 0) is 0 Å². The van der Waals surface area contributed by atoms with E-state index in [-0.39, 0.29) is 16.9 Å². The number of hydrogen-bond donors (Lipinski definition) is 1. The smallest absolute Gasteiger partial charge is 0.335 e. The average Bonchev–Trinajstić information content (AvgIpc) is 2.68. The molecule has 0 aromatic heterocycles. The Kier molecular flexibility index (Phi) is 3.93. The highest BCUT2D eigenvalue weighted by Gasteiger charge is 2.21. The molecule has 0 radical (unpaired) electrons. The summed E-state index contributed by atoms with van der Waals surface area (Å²) in [5.41, 5.74) is 1.58. The van der Waals surface area contributed by atoms with Crippen LogP contribution in [0.15, 0.2) is 48.0 Å². The molecule has 0 bridgehead atoms. The molecule has 0 aliphatic carbocycles. The van der Waals surface area contributed by atoms with Crippen LogP contribution in [0.4, 0.5) is 4.39 Å². The zero-order valence-electron chi connectivity index (χ0n) is 12.1. The molecule has 0 atom stereocenters. The second-order valence-corrected chi connectivity index (χ2v) is 5.16. The SMILES string of the molecule is O=C(O)c1ccc(C=C2CCOc3ccc(F)cc3C2=O)cc1. The summed E-state index contributed by atoms with van der Waals surface area (Å²) in [5, 5.41) is 8.89. The predicted octanol–water partition coefficient (Wildman–Crippen LogP) is 3.57. The number of fused-ring (bicyclic) bond motifs is 1. The molecule has 5 heteroatoms. The molecule has 1 aliphatic heterocycles.